The Morgan fingerprint density at radius 1 is 1.50 bits per heavy atom. The number of carboxylic acid groups (broad SMARTS) is 1. The summed E-state index contributed by atoms with van der Waals surface area (Å²) in [5, 5.41) is 11.1. The van der Waals surface area contributed by atoms with Crippen molar-refractivity contribution < 1.29 is 24.2 Å². The molecule has 1 rings (SSSR count). The average Bonchev–Trinajstić information content (AvgIpc) is 2.63. The maximum atomic E-state index is 11.4. The second kappa shape index (κ2) is 6.06. The Morgan fingerprint density at radius 2 is 2.25 bits per heavy atom. The molecule has 0 aromatic heterocycles. The summed E-state index contributed by atoms with van der Waals surface area (Å²) in [7, 11) is 0. The zero-order valence-electron chi connectivity index (χ0n) is 8.77. The molecule has 1 heterocycles. The van der Waals surface area contributed by atoms with Gasteiger partial charge in [0, 0.05) is 6.42 Å². The number of cyclic esters (lactones) is 1. The van der Waals surface area contributed by atoms with Crippen molar-refractivity contribution in [3.63, 3.8) is 0 Å². The fourth-order valence-electron chi connectivity index (χ4n) is 1.28. The lowest BCUT2D eigenvalue weighted by atomic mass is 10.3. The van der Waals surface area contributed by atoms with Crippen LogP contribution in [0.25, 0.3) is 0 Å². The van der Waals surface area contributed by atoms with Crippen molar-refractivity contribution >= 4 is 18.0 Å². The van der Waals surface area contributed by atoms with Gasteiger partial charge in [0.2, 0.25) is 5.91 Å². The highest BCUT2D eigenvalue weighted by Crippen LogP contribution is 2.02. The van der Waals surface area contributed by atoms with Gasteiger partial charge < -0.3 is 15.2 Å². The van der Waals surface area contributed by atoms with E-state index in [0.29, 0.717) is 13.0 Å². The Bertz CT molecular complexity index is 292. The van der Waals surface area contributed by atoms with Gasteiger partial charge in [-0.05, 0) is 13.0 Å². The van der Waals surface area contributed by atoms with Crippen LogP contribution in [0.2, 0.25) is 0 Å². The van der Waals surface area contributed by atoms with Gasteiger partial charge >= 0.3 is 12.1 Å². The Hall–Kier alpha value is -1.63. The van der Waals surface area contributed by atoms with Crippen LogP contribution in [0.15, 0.2) is 0 Å². The molecule has 1 fully saturated rings. The maximum absolute atomic E-state index is 11.4. The lowest BCUT2D eigenvalue weighted by molar-refractivity contribution is -0.137. The molecule has 0 aliphatic carbocycles. The minimum atomic E-state index is -0.865. The molecule has 0 spiro atoms. The predicted molar refractivity (Wildman–Crippen MR) is 52.8 cm³/mol. The highest BCUT2D eigenvalue weighted by molar-refractivity contribution is 5.93. The predicted octanol–water partition coefficient (Wildman–Crippen LogP) is -0.580. The van der Waals surface area contributed by atoms with Gasteiger partial charge in [0.05, 0.1) is 13.1 Å². The fraction of sp³-hybridized carbons (Fsp3) is 0.667. The van der Waals surface area contributed by atoms with E-state index in [9.17, 15) is 14.4 Å². The van der Waals surface area contributed by atoms with Crippen molar-refractivity contribution in [3.05, 3.63) is 0 Å². The van der Waals surface area contributed by atoms with E-state index in [1.54, 1.807) is 0 Å². The van der Waals surface area contributed by atoms with Crippen molar-refractivity contribution in [2.75, 3.05) is 26.2 Å². The molecule has 0 aromatic rings. The van der Waals surface area contributed by atoms with Gasteiger partial charge in [-0.3, -0.25) is 9.59 Å². The standard InChI is InChI=1S/C9H14N2O5/c12-7(11-4-5-16-9(11)15)6-10-3-1-2-8(13)14/h10H,1-6H2,(H,13,14). The average molecular weight is 230 g/mol. The van der Waals surface area contributed by atoms with E-state index in [1.165, 1.54) is 0 Å². The summed E-state index contributed by atoms with van der Waals surface area (Å²) in [4.78, 5) is 33.6. The van der Waals surface area contributed by atoms with Crippen LogP contribution < -0.4 is 5.32 Å². The summed E-state index contributed by atoms with van der Waals surface area (Å²) in [5.41, 5.74) is 0. The number of carbonyl (C=O) groups excluding carboxylic acids is 2. The van der Waals surface area contributed by atoms with Crippen molar-refractivity contribution in [2.24, 2.45) is 0 Å². The first-order chi connectivity index (χ1) is 7.61. The van der Waals surface area contributed by atoms with E-state index in [-0.39, 0.29) is 32.0 Å². The van der Waals surface area contributed by atoms with Crippen LogP contribution in [0.5, 0.6) is 0 Å². The first kappa shape index (κ1) is 12.4. The monoisotopic (exact) mass is 230 g/mol. The van der Waals surface area contributed by atoms with Gasteiger partial charge in [-0.25, -0.2) is 9.69 Å². The van der Waals surface area contributed by atoms with Crippen LogP contribution in [0.3, 0.4) is 0 Å². The van der Waals surface area contributed by atoms with Crippen LogP contribution >= 0.6 is 0 Å². The van der Waals surface area contributed by atoms with Crippen LogP contribution in [0.1, 0.15) is 12.8 Å². The Balaban J connectivity index is 2.11. The second-order valence-corrected chi connectivity index (χ2v) is 3.33. The van der Waals surface area contributed by atoms with E-state index in [0.717, 1.165) is 4.90 Å². The zero-order valence-corrected chi connectivity index (χ0v) is 8.77. The molecule has 0 bridgehead atoms. The first-order valence-electron chi connectivity index (χ1n) is 5.01. The van der Waals surface area contributed by atoms with E-state index < -0.39 is 12.1 Å². The van der Waals surface area contributed by atoms with Gasteiger partial charge in [-0.15, -0.1) is 0 Å². The molecule has 0 aromatic carbocycles. The van der Waals surface area contributed by atoms with Crippen LogP contribution in [-0.2, 0) is 14.3 Å². The molecule has 16 heavy (non-hydrogen) atoms. The summed E-state index contributed by atoms with van der Waals surface area (Å²) in [6.45, 7) is 0.980. The van der Waals surface area contributed by atoms with Crippen molar-refractivity contribution in [3.8, 4) is 0 Å². The van der Waals surface area contributed by atoms with Gasteiger partial charge in [-0.1, -0.05) is 0 Å². The minimum absolute atomic E-state index is 0.0225. The van der Waals surface area contributed by atoms with Gasteiger partial charge in [0.15, 0.2) is 0 Å². The number of aliphatic carboxylic acids is 1. The summed E-state index contributed by atoms with van der Waals surface area (Å²) >= 11 is 0. The third-order valence-corrected chi connectivity index (χ3v) is 2.08. The van der Waals surface area contributed by atoms with E-state index >= 15 is 0 Å². The normalized spacial score (nSPS) is 15.0. The molecular formula is C9H14N2O5. The number of nitrogens with zero attached hydrogens (tertiary/aromatic N) is 1. The second-order valence-electron chi connectivity index (χ2n) is 3.33. The molecule has 1 saturated heterocycles. The molecule has 90 valence electrons. The molecule has 2 amide bonds. The SMILES string of the molecule is O=C(O)CCCNCC(=O)N1CCOC1=O. The number of carbonyl (C=O) groups is 3. The van der Waals surface area contributed by atoms with Crippen LogP contribution in [0.4, 0.5) is 4.79 Å². The smallest absolute Gasteiger partial charge is 0.416 e. The van der Waals surface area contributed by atoms with Gasteiger partial charge in [0.1, 0.15) is 6.61 Å². The highest BCUT2D eigenvalue weighted by Gasteiger charge is 2.27. The molecule has 0 unspecified atom stereocenters. The largest absolute Gasteiger partial charge is 0.481 e. The zero-order chi connectivity index (χ0) is 12.0. The van der Waals surface area contributed by atoms with Crippen LogP contribution in [0, 0.1) is 0 Å². The Morgan fingerprint density at radius 3 is 2.81 bits per heavy atom. The maximum Gasteiger partial charge on any atom is 0.416 e. The molecule has 0 saturated carbocycles. The molecule has 2 N–H and O–H groups in total. The fourth-order valence-corrected chi connectivity index (χ4v) is 1.28. The number of imide groups is 1. The first-order valence-corrected chi connectivity index (χ1v) is 5.01. The summed E-state index contributed by atoms with van der Waals surface area (Å²) in [5.74, 6) is -1.21. The summed E-state index contributed by atoms with van der Waals surface area (Å²) in [6, 6.07) is 0. The lowest BCUT2D eigenvalue weighted by Gasteiger charge is -2.10. The Kier molecular flexibility index (Phi) is 4.71. The summed E-state index contributed by atoms with van der Waals surface area (Å²) in [6.07, 6.45) is -0.0997. The van der Waals surface area contributed by atoms with Gasteiger partial charge in [0.25, 0.3) is 0 Å². The quantitative estimate of drug-likeness (QED) is 0.593. The van der Waals surface area contributed by atoms with E-state index in [2.05, 4.69) is 10.1 Å². The van der Waals surface area contributed by atoms with Crippen molar-refractivity contribution in [2.45, 2.75) is 12.8 Å². The number of rotatable bonds is 6. The number of amides is 2. The van der Waals surface area contributed by atoms with Gasteiger partial charge in [-0.2, -0.15) is 0 Å². The molecule has 7 nitrogen and oxygen atoms in total. The van der Waals surface area contributed by atoms with Crippen molar-refractivity contribution in [1.29, 1.82) is 0 Å². The minimum Gasteiger partial charge on any atom is -0.481 e. The number of hydrogen-bond acceptors (Lipinski definition) is 5. The topological polar surface area (TPSA) is 95.9 Å². The lowest BCUT2D eigenvalue weighted by Crippen LogP contribution is -2.39. The molecular weight excluding hydrogens is 216 g/mol. The molecule has 0 atom stereocenters. The molecule has 1 aliphatic heterocycles. The Labute approximate surface area is 92.4 Å². The molecule has 0 radical (unpaired) electrons. The number of nitrogens with one attached hydrogen (secondary N) is 1. The van der Waals surface area contributed by atoms with Crippen LogP contribution in [-0.4, -0.2) is 54.2 Å². The number of ether oxygens (including phenoxy) is 1. The highest BCUT2D eigenvalue weighted by atomic mass is 16.6. The summed E-state index contributed by atoms with van der Waals surface area (Å²) < 4.78 is 4.61. The third-order valence-electron chi connectivity index (χ3n) is 2.08. The van der Waals surface area contributed by atoms with Crippen molar-refractivity contribution in [1.82, 2.24) is 10.2 Å². The molecule has 7 heteroatoms. The molecule has 1 aliphatic rings. The number of hydrogen-bond donors (Lipinski definition) is 2. The third kappa shape index (κ3) is 3.85. The van der Waals surface area contributed by atoms with E-state index in [4.69, 9.17) is 5.11 Å². The number of carboxylic acids is 1. The van der Waals surface area contributed by atoms with E-state index in [1.807, 2.05) is 0 Å².